The summed E-state index contributed by atoms with van der Waals surface area (Å²) in [6, 6.07) is 3.51. The van der Waals surface area contributed by atoms with Crippen LogP contribution < -0.4 is 21.3 Å². The van der Waals surface area contributed by atoms with Gasteiger partial charge in [0.15, 0.2) is 5.52 Å². The number of nitrogens with one attached hydrogen (secondary N) is 4. The van der Waals surface area contributed by atoms with Crippen molar-refractivity contribution in [3.63, 3.8) is 0 Å². The molecular formula is C45H71N7O5. The zero-order chi connectivity index (χ0) is 40.6. The van der Waals surface area contributed by atoms with Crippen molar-refractivity contribution in [3.8, 4) is 0 Å². The zero-order valence-electron chi connectivity index (χ0n) is 35.5. The van der Waals surface area contributed by atoms with Gasteiger partial charge in [0.1, 0.15) is 0 Å². The molecule has 12 heteroatoms. The summed E-state index contributed by atoms with van der Waals surface area (Å²) in [5.41, 5.74) is 3.55. The Morgan fingerprint density at radius 1 is 0.860 bits per heavy atom. The van der Waals surface area contributed by atoms with Crippen LogP contribution in [-0.2, 0) is 9.59 Å². The van der Waals surface area contributed by atoms with E-state index in [-0.39, 0.29) is 29.4 Å². The third kappa shape index (κ3) is 10.2. The maximum atomic E-state index is 12.4. The standard InChI is InChI=1S/C45H71N7O5/c1-30(2)11-9-12-31(3)35-16-17-36-34-15-14-32-29-33(20-23-44(32,4)37(34)21-24-45(35,36)5)46-26-10-27-48-41(54)22-28-49-40(53)13-7-6-8-25-47-38-18-19-39(52(55)56)43-42(38)50-57-51-43/h14,18-19,30-31,33-37,46-47H,6-13,15-17,20-29H2,1-5H3,(H,48,54)(H,49,53)/t31?,33-,34?,35+,36?,37?,44-,45+/m0/s1. The van der Waals surface area contributed by atoms with Crippen molar-refractivity contribution in [1.29, 1.82) is 0 Å². The first-order valence-electron chi connectivity index (χ1n) is 22.5. The monoisotopic (exact) mass is 790 g/mol. The van der Waals surface area contributed by atoms with Gasteiger partial charge < -0.3 is 21.3 Å². The van der Waals surface area contributed by atoms with Gasteiger partial charge in [-0.05, 0) is 140 Å². The molecule has 4 aliphatic carbocycles. The fourth-order valence-corrected chi connectivity index (χ4v) is 11.9. The van der Waals surface area contributed by atoms with Crippen LogP contribution in [0.1, 0.15) is 144 Å². The molecule has 0 radical (unpaired) electrons. The molecule has 316 valence electrons. The highest BCUT2D eigenvalue weighted by molar-refractivity contribution is 5.93. The molecule has 8 atom stereocenters. The Kier molecular flexibility index (Phi) is 14.7. The van der Waals surface area contributed by atoms with Crippen LogP contribution in [0.25, 0.3) is 11.0 Å². The lowest BCUT2D eigenvalue weighted by atomic mass is 9.47. The molecule has 4 aliphatic rings. The Labute approximate surface area is 340 Å². The van der Waals surface area contributed by atoms with Gasteiger partial charge in [-0.2, -0.15) is 0 Å². The molecule has 4 unspecified atom stereocenters. The summed E-state index contributed by atoms with van der Waals surface area (Å²) in [7, 11) is 0. The normalized spacial score (nSPS) is 28.6. The maximum Gasteiger partial charge on any atom is 0.300 e. The van der Waals surface area contributed by atoms with Crippen LogP contribution in [0.4, 0.5) is 11.4 Å². The largest absolute Gasteiger partial charge is 0.383 e. The lowest BCUT2D eigenvalue weighted by Crippen LogP contribution is -2.51. The molecule has 3 fully saturated rings. The predicted octanol–water partition coefficient (Wildman–Crippen LogP) is 9.12. The minimum Gasteiger partial charge on any atom is -0.383 e. The quantitative estimate of drug-likeness (QED) is 0.0418. The number of carbonyl (C=O) groups excluding carboxylic acids is 2. The second-order valence-electron chi connectivity index (χ2n) is 19.1. The number of amides is 2. The lowest BCUT2D eigenvalue weighted by molar-refractivity contribution is -0.383. The second kappa shape index (κ2) is 19.5. The van der Waals surface area contributed by atoms with E-state index < -0.39 is 4.92 Å². The number of nitrogens with zero attached hydrogens (tertiary/aromatic N) is 3. The molecule has 1 aromatic heterocycles. The first-order chi connectivity index (χ1) is 27.4. The Bertz CT molecular complexity index is 1710. The number of hydrogen-bond donors (Lipinski definition) is 4. The van der Waals surface area contributed by atoms with Crippen LogP contribution in [0.5, 0.6) is 0 Å². The summed E-state index contributed by atoms with van der Waals surface area (Å²) in [5.74, 6) is 5.14. The number of carbonyl (C=O) groups is 2. The van der Waals surface area contributed by atoms with E-state index >= 15 is 0 Å². The van der Waals surface area contributed by atoms with E-state index in [4.69, 9.17) is 4.63 Å². The summed E-state index contributed by atoms with van der Waals surface area (Å²) < 4.78 is 4.70. The summed E-state index contributed by atoms with van der Waals surface area (Å²) in [6.45, 7) is 15.1. The predicted molar refractivity (Wildman–Crippen MR) is 226 cm³/mol. The van der Waals surface area contributed by atoms with Crippen LogP contribution >= 0.6 is 0 Å². The van der Waals surface area contributed by atoms with Crippen molar-refractivity contribution in [2.24, 2.45) is 46.3 Å². The van der Waals surface area contributed by atoms with Crippen LogP contribution in [0.15, 0.2) is 28.4 Å². The SMILES string of the molecule is CC(C)CCCC(C)[C@H]1CCC2C3CC=C4C[C@@H](NCCCNC(=O)CCNC(=O)CCCCCNc5ccc([N+](=O)[O-])c6nonc56)CC[C@]4(C)C3CC[C@@]21C. The fourth-order valence-electron chi connectivity index (χ4n) is 11.9. The molecule has 4 N–H and O–H groups in total. The molecule has 2 aromatic rings. The van der Waals surface area contributed by atoms with Crippen LogP contribution in [0, 0.1) is 56.5 Å². The topological polar surface area (TPSA) is 164 Å². The average molecular weight is 790 g/mol. The molecule has 3 saturated carbocycles. The maximum absolute atomic E-state index is 12.4. The number of rotatable bonds is 21. The van der Waals surface area contributed by atoms with Crippen molar-refractivity contribution in [3.05, 3.63) is 33.9 Å². The number of hydrogen-bond acceptors (Lipinski definition) is 9. The van der Waals surface area contributed by atoms with Crippen molar-refractivity contribution in [2.45, 2.75) is 150 Å². The van der Waals surface area contributed by atoms with E-state index in [1.807, 2.05) is 0 Å². The zero-order valence-corrected chi connectivity index (χ0v) is 35.5. The van der Waals surface area contributed by atoms with Crippen LogP contribution in [0.3, 0.4) is 0 Å². The molecular weight excluding hydrogens is 719 g/mol. The molecule has 1 aromatic carbocycles. The lowest BCUT2D eigenvalue weighted by Gasteiger charge is -2.58. The summed E-state index contributed by atoms with van der Waals surface area (Å²) in [4.78, 5) is 35.4. The number of nitro benzene ring substituents is 1. The molecule has 2 amide bonds. The number of aromatic nitrogens is 2. The van der Waals surface area contributed by atoms with Crippen molar-refractivity contribution in [1.82, 2.24) is 26.3 Å². The highest BCUT2D eigenvalue weighted by Gasteiger charge is 2.59. The molecule has 0 spiro atoms. The number of allylic oxidation sites excluding steroid dienone is 1. The number of nitro groups is 1. The number of fused-ring (bicyclic) bond motifs is 6. The third-order valence-electron chi connectivity index (χ3n) is 15.1. The second-order valence-corrected chi connectivity index (χ2v) is 19.1. The summed E-state index contributed by atoms with van der Waals surface area (Å²) in [6.07, 6.45) is 21.6. The van der Waals surface area contributed by atoms with E-state index in [1.54, 1.807) is 11.6 Å². The molecule has 6 rings (SSSR count). The number of benzene rings is 1. The first kappa shape index (κ1) is 43.0. The molecule has 12 nitrogen and oxygen atoms in total. The van der Waals surface area contributed by atoms with Gasteiger partial charge in [-0.3, -0.25) is 19.7 Å². The molecule has 0 saturated heterocycles. The highest BCUT2D eigenvalue weighted by atomic mass is 16.6. The Hall–Kier alpha value is -3.54. The van der Waals surface area contributed by atoms with Gasteiger partial charge >= 0.3 is 5.69 Å². The van der Waals surface area contributed by atoms with Gasteiger partial charge in [-0.25, -0.2) is 4.63 Å². The highest BCUT2D eigenvalue weighted by Crippen LogP contribution is 2.67. The van der Waals surface area contributed by atoms with Crippen molar-refractivity contribution < 1.29 is 19.1 Å². The van der Waals surface area contributed by atoms with Gasteiger partial charge in [0.2, 0.25) is 17.3 Å². The Morgan fingerprint density at radius 3 is 2.46 bits per heavy atom. The third-order valence-corrected chi connectivity index (χ3v) is 15.1. The van der Waals surface area contributed by atoms with E-state index in [2.05, 4.69) is 72.3 Å². The van der Waals surface area contributed by atoms with E-state index in [0.717, 1.165) is 67.7 Å². The van der Waals surface area contributed by atoms with E-state index in [9.17, 15) is 19.7 Å². The van der Waals surface area contributed by atoms with Crippen molar-refractivity contribution >= 4 is 34.2 Å². The molecule has 0 aliphatic heterocycles. The Morgan fingerprint density at radius 2 is 1.65 bits per heavy atom. The summed E-state index contributed by atoms with van der Waals surface area (Å²) >= 11 is 0. The van der Waals surface area contributed by atoms with Gasteiger partial charge in [0.05, 0.1) is 10.6 Å². The van der Waals surface area contributed by atoms with Crippen LogP contribution in [0.2, 0.25) is 0 Å². The van der Waals surface area contributed by atoms with Crippen molar-refractivity contribution in [2.75, 3.05) is 31.5 Å². The summed E-state index contributed by atoms with van der Waals surface area (Å²) in [5, 5.41) is 31.5. The van der Waals surface area contributed by atoms with Gasteiger partial charge in [-0.15, -0.1) is 0 Å². The van der Waals surface area contributed by atoms with Gasteiger partial charge in [-0.1, -0.05) is 72.0 Å². The van der Waals surface area contributed by atoms with E-state index in [1.165, 1.54) is 76.7 Å². The number of anilines is 1. The molecule has 1 heterocycles. The minimum atomic E-state index is -0.513. The van der Waals surface area contributed by atoms with E-state index in [0.29, 0.717) is 54.1 Å². The number of unbranched alkanes of at least 4 members (excludes halogenated alkanes) is 2. The average Bonchev–Trinajstić information content (AvgIpc) is 3.81. The molecule has 0 bridgehead atoms. The number of non-ortho nitro benzene ring substituents is 1. The van der Waals surface area contributed by atoms with Gasteiger partial charge in [0, 0.05) is 44.6 Å². The molecule has 57 heavy (non-hydrogen) atoms. The first-order valence-corrected chi connectivity index (χ1v) is 22.5. The Balaban J connectivity index is 0.808. The smallest absolute Gasteiger partial charge is 0.300 e. The van der Waals surface area contributed by atoms with Crippen LogP contribution in [-0.4, -0.2) is 59.3 Å². The van der Waals surface area contributed by atoms with Gasteiger partial charge in [0.25, 0.3) is 0 Å². The minimum absolute atomic E-state index is 0.0304. The fraction of sp³-hybridized carbons (Fsp3) is 0.778.